The first-order chi connectivity index (χ1) is 9.11. The third kappa shape index (κ3) is 2.92. The number of hydrogen-bond acceptors (Lipinski definition) is 7. The summed E-state index contributed by atoms with van der Waals surface area (Å²) >= 11 is 0. The van der Waals surface area contributed by atoms with Gasteiger partial charge in [-0.25, -0.2) is 0 Å². The van der Waals surface area contributed by atoms with Gasteiger partial charge in [-0.15, -0.1) is 0 Å². The van der Waals surface area contributed by atoms with Crippen LogP contribution < -0.4 is 5.73 Å². The van der Waals surface area contributed by atoms with Crippen LogP contribution in [0.15, 0.2) is 28.8 Å². The number of methoxy groups -OCH3 is 1. The molecule has 8 heteroatoms. The number of hydrogen-bond donors (Lipinski definition) is 1. The molecule has 2 aromatic rings. The van der Waals surface area contributed by atoms with E-state index < -0.39 is 11.0 Å². The van der Waals surface area contributed by atoms with Crippen molar-refractivity contribution >= 4 is 5.69 Å². The van der Waals surface area contributed by atoms with Gasteiger partial charge in [-0.1, -0.05) is 5.16 Å². The molecule has 2 rings (SSSR count). The van der Waals surface area contributed by atoms with Crippen LogP contribution in [0.5, 0.6) is 0 Å². The molecule has 100 valence electrons. The summed E-state index contributed by atoms with van der Waals surface area (Å²) in [5.41, 5.74) is 6.37. The Morgan fingerprint density at radius 2 is 2.16 bits per heavy atom. The number of aromatic nitrogens is 2. The molecule has 1 unspecified atom stereocenters. The molecule has 0 bridgehead atoms. The van der Waals surface area contributed by atoms with E-state index in [1.54, 1.807) is 12.1 Å². The Hall–Kier alpha value is -2.32. The van der Waals surface area contributed by atoms with Crippen LogP contribution in [-0.2, 0) is 4.74 Å². The molecule has 0 fully saturated rings. The highest BCUT2D eigenvalue weighted by atomic mass is 16.6. The molecule has 1 aromatic carbocycles. The van der Waals surface area contributed by atoms with Gasteiger partial charge in [0.2, 0.25) is 11.7 Å². The van der Waals surface area contributed by atoms with Gasteiger partial charge in [0.25, 0.3) is 5.69 Å². The molecule has 0 radical (unpaired) electrons. The van der Waals surface area contributed by atoms with E-state index in [1.807, 2.05) is 0 Å². The third-order valence-corrected chi connectivity index (χ3v) is 2.44. The summed E-state index contributed by atoms with van der Waals surface area (Å²) < 4.78 is 9.90. The second-order valence-corrected chi connectivity index (χ2v) is 3.82. The average molecular weight is 264 g/mol. The Morgan fingerprint density at radius 3 is 2.74 bits per heavy atom. The Bertz CT molecular complexity index is 566. The van der Waals surface area contributed by atoms with Crippen molar-refractivity contribution in [2.75, 3.05) is 13.7 Å². The summed E-state index contributed by atoms with van der Waals surface area (Å²) in [6.07, 6.45) is 0. The quantitative estimate of drug-likeness (QED) is 0.638. The highest BCUT2D eigenvalue weighted by Crippen LogP contribution is 2.21. The summed E-state index contributed by atoms with van der Waals surface area (Å²) in [5, 5.41) is 14.3. The first-order valence-corrected chi connectivity index (χ1v) is 5.44. The smallest absolute Gasteiger partial charge is 0.269 e. The molecule has 0 aliphatic heterocycles. The van der Waals surface area contributed by atoms with Crippen LogP contribution in [-0.4, -0.2) is 28.8 Å². The van der Waals surface area contributed by atoms with Crippen molar-refractivity contribution in [3.8, 4) is 11.4 Å². The molecule has 1 heterocycles. The SMILES string of the molecule is COCC(N)c1nc(-c2ccc([N+](=O)[O-])cc2)no1. The summed E-state index contributed by atoms with van der Waals surface area (Å²) in [6, 6.07) is 5.36. The number of nitro groups is 1. The molecule has 1 aromatic heterocycles. The predicted octanol–water partition coefficient (Wildman–Crippen LogP) is 1.29. The van der Waals surface area contributed by atoms with Gasteiger partial charge in [-0.2, -0.15) is 4.98 Å². The van der Waals surface area contributed by atoms with Crippen molar-refractivity contribution in [3.63, 3.8) is 0 Å². The van der Waals surface area contributed by atoms with Crippen LogP contribution in [0.2, 0.25) is 0 Å². The van der Waals surface area contributed by atoms with Crippen LogP contribution in [0.4, 0.5) is 5.69 Å². The molecule has 0 saturated carbocycles. The first-order valence-electron chi connectivity index (χ1n) is 5.44. The van der Waals surface area contributed by atoms with E-state index in [9.17, 15) is 10.1 Å². The summed E-state index contributed by atoms with van der Waals surface area (Å²) in [4.78, 5) is 14.2. The second-order valence-electron chi connectivity index (χ2n) is 3.82. The zero-order valence-electron chi connectivity index (χ0n) is 10.1. The maximum Gasteiger partial charge on any atom is 0.269 e. The molecular weight excluding hydrogens is 252 g/mol. The summed E-state index contributed by atoms with van der Waals surface area (Å²) in [5.74, 6) is 0.589. The highest BCUT2D eigenvalue weighted by molar-refractivity contribution is 5.56. The van der Waals surface area contributed by atoms with Gasteiger partial charge in [0.05, 0.1) is 11.5 Å². The zero-order valence-corrected chi connectivity index (χ0v) is 10.1. The Morgan fingerprint density at radius 1 is 1.47 bits per heavy atom. The standard InChI is InChI=1S/C11H12N4O4/c1-18-6-9(12)11-13-10(14-19-11)7-2-4-8(5-3-7)15(16)17/h2-5,9H,6,12H2,1H3. The third-order valence-electron chi connectivity index (χ3n) is 2.44. The normalized spacial score (nSPS) is 12.3. The summed E-state index contributed by atoms with van der Waals surface area (Å²) in [7, 11) is 1.52. The van der Waals surface area contributed by atoms with Crippen molar-refractivity contribution in [2.24, 2.45) is 5.73 Å². The van der Waals surface area contributed by atoms with E-state index in [4.69, 9.17) is 15.0 Å². The van der Waals surface area contributed by atoms with Crippen molar-refractivity contribution in [1.82, 2.24) is 10.1 Å². The molecule has 0 spiro atoms. The highest BCUT2D eigenvalue weighted by Gasteiger charge is 2.16. The van der Waals surface area contributed by atoms with E-state index in [0.717, 1.165) is 0 Å². The largest absolute Gasteiger partial charge is 0.383 e. The lowest BCUT2D eigenvalue weighted by Crippen LogP contribution is -2.16. The van der Waals surface area contributed by atoms with Gasteiger partial charge in [0, 0.05) is 24.8 Å². The number of non-ortho nitro benzene ring substituents is 1. The van der Waals surface area contributed by atoms with Gasteiger partial charge in [-0.05, 0) is 12.1 Å². The van der Waals surface area contributed by atoms with Crippen LogP contribution in [0.1, 0.15) is 11.9 Å². The Balaban J connectivity index is 2.20. The summed E-state index contributed by atoms with van der Waals surface area (Å²) in [6.45, 7) is 0.266. The van der Waals surface area contributed by atoms with E-state index in [0.29, 0.717) is 11.4 Å². The number of nitro benzene ring substituents is 1. The zero-order chi connectivity index (χ0) is 13.8. The number of benzene rings is 1. The molecule has 0 aliphatic rings. The van der Waals surface area contributed by atoms with Crippen molar-refractivity contribution in [2.45, 2.75) is 6.04 Å². The molecule has 2 N–H and O–H groups in total. The predicted molar refractivity (Wildman–Crippen MR) is 65.2 cm³/mol. The van der Waals surface area contributed by atoms with Crippen molar-refractivity contribution < 1.29 is 14.2 Å². The first kappa shape index (κ1) is 13.1. The van der Waals surface area contributed by atoms with Gasteiger partial charge in [-0.3, -0.25) is 10.1 Å². The van der Waals surface area contributed by atoms with Gasteiger partial charge in [0.1, 0.15) is 6.04 Å². The fourth-order valence-electron chi connectivity index (χ4n) is 1.49. The molecule has 0 saturated heterocycles. The molecule has 0 aliphatic carbocycles. The lowest BCUT2D eigenvalue weighted by Gasteiger charge is -2.02. The van der Waals surface area contributed by atoms with Gasteiger partial charge in [0.15, 0.2) is 0 Å². The fourth-order valence-corrected chi connectivity index (χ4v) is 1.49. The fraction of sp³-hybridized carbons (Fsp3) is 0.273. The molecular formula is C11H12N4O4. The number of rotatable bonds is 5. The van der Waals surface area contributed by atoms with E-state index in [-0.39, 0.29) is 18.2 Å². The topological polar surface area (TPSA) is 117 Å². The number of ether oxygens (including phenoxy) is 1. The molecule has 8 nitrogen and oxygen atoms in total. The van der Waals surface area contributed by atoms with Crippen LogP contribution in [0.25, 0.3) is 11.4 Å². The van der Waals surface area contributed by atoms with Crippen molar-refractivity contribution in [3.05, 3.63) is 40.3 Å². The minimum atomic E-state index is -0.496. The van der Waals surface area contributed by atoms with Crippen molar-refractivity contribution in [1.29, 1.82) is 0 Å². The number of nitrogens with zero attached hydrogens (tertiary/aromatic N) is 3. The lowest BCUT2D eigenvalue weighted by atomic mass is 10.2. The van der Waals surface area contributed by atoms with Crippen LogP contribution in [0, 0.1) is 10.1 Å². The second kappa shape index (κ2) is 5.55. The van der Waals surface area contributed by atoms with E-state index in [1.165, 1.54) is 19.2 Å². The Kier molecular flexibility index (Phi) is 3.83. The monoisotopic (exact) mass is 264 g/mol. The van der Waals surface area contributed by atoms with Crippen LogP contribution in [0.3, 0.4) is 0 Å². The average Bonchev–Trinajstić information content (AvgIpc) is 2.89. The van der Waals surface area contributed by atoms with Crippen LogP contribution >= 0.6 is 0 Å². The van der Waals surface area contributed by atoms with Gasteiger partial charge >= 0.3 is 0 Å². The minimum absolute atomic E-state index is 0.00329. The molecule has 19 heavy (non-hydrogen) atoms. The number of nitrogens with two attached hydrogens (primary N) is 1. The van der Waals surface area contributed by atoms with E-state index in [2.05, 4.69) is 10.1 Å². The van der Waals surface area contributed by atoms with Gasteiger partial charge < -0.3 is 15.0 Å². The Labute approximate surface area is 108 Å². The lowest BCUT2D eigenvalue weighted by molar-refractivity contribution is -0.384. The molecule has 1 atom stereocenters. The maximum atomic E-state index is 10.5. The van der Waals surface area contributed by atoms with E-state index >= 15 is 0 Å². The molecule has 0 amide bonds. The maximum absolute atomic E-state index is 10.5. The minimum Gasteiger partial charge on any atom is -0.383 e.